The van der Waals surface area contributed by atoms with Gasteiger partial charge in [-0.25, -0.2) is 4.39 Å². The number of hydrogen-bond donors (Lipinski definition) is 0. The summed E-state index contributed by atoms with van der Waals surface area (Å²) in [4.78, 5) is 2.17. The van der Waals surface area contributed by atoms with Crippen molar-refractivity contribution in [3.8, 4) is 50.2 Å². The highest BCUT2D eigenvalue weighted by Crippen LogP contribution is 2.56. The first kappa shape index (κ1) is 41.2. The third kappa shape index (κ3) is 6.77. The molecule has 11 aromatic carbocycles. The van der Waals surface area contributed by atoms with Crippen LogP contribution in [0.3, 0.4) is 0 Å². The number of nitrogens with zero attached hydrogens (tertiary/aromatic N) is 2. The number of fused-ring (bicyclic) bond motifs is 6. The van der Waals surface area contributed by atoms with Crippen LogP contribution in [0.4, 0.5) is 21.5 Å². The monoisotopic (exact) mass is 896 g/mol. The molecule has 0 saturated carbocycles. The van der Waals surface area contributed by atoms with E-state index in [1.165, 1.54) is 78.4 Å². The predicted molar refractivity (Wildman–Crippen MR) is 289 cm³/mol. The zero-order valence-electron chi connectivity index (χ0n) is 38.3. The summed E-state index contributed by atoms with van der Waals surface area (Å²) in [6.07, 6.45) is 0. The lowest BCUT2D eigenvalue weighted by Gasteiger charge is -2.34. The zero-order valence-corrected chi connectivity index (χ0v) is 38.3. The summed E-state index contributed by atoms with van der Waals surface area (Å²) in [5, 5.41) is 2.44. The summed E-state index contributed by atoms with van der Waals surface area (Å²) in [7, 11) is 0. The molecule has 3 heteroatoms. The first-order valence-electron chi connectivity index (χ1n) is 23.9. The molecule has 12 aromatic rings. The Balaban J connectivity index is 0.845. The Hall–Kier alpha value is -9.05. The highest BCUT2D eigenvalue weighted by molar-refractivity contribution is 6.10. The Labute approximate surface area is 407 Å². The third-order valence-electron chi connectivity index (χ3n) is 14.4. The van der Waals surface area contributed by atoms with E-state index >= 15 is 0 Å². The van der Waals surface area contributed by atoms with E-state index in [0.29, 0.717) is 0 Å². The third-order valence-corrected chi connectivity index (χ3v) is 14.4. The molecule has 0 N–H and O–H groups in total. The molecule has 0 bridgehead atoms. The summed E-state index contributed by atoms with van der Waals surface area (Å²) < 4.78 is 16.6. The van der Waals surface area contributed by atoms with Crippen LogP contribution in [0.1, 0.15) is 22.3 Å². The molecule has 0 aliphatic heterocycles. The van der Waals surface area contributed by atoms with Crippen molar-refractivity contribution in [2.75, 3.05) is 4.90 Å². The fourth-order valence-corrected chi connectivity index (χ4v) is 11.1. The lowest BCUT2D eigenvalue weighted by molar-refractivity contribution is 0.628. The van der Waals surface area contributed by atoms with E-state index in [9.17, 15) is 4.39 Å². The van der Waals surface area contributed by atoms with Gasteiger partial charge in [-0.2, -0.15) is 0 Å². The number of para-hydroxylation sites is 1. The molecule has 1 heterocycles. The fraction of sp³-hybridized carbons (Fsp3) is 0.0149. The summed E-state index contributed by atoms with van der Waals surface area (Å²) in [5.41, 5.74) is 20.4. The molecule has 1 aromatic heterocycles. The zero-order chi connectivity index (χ0) is 46.6. The molecule has 0 atom stereocenters. The van der Waals surface area contributed by atoms with Crippen LogP contribution in [0.5, 0.6) is 0 Å². The molecule has 0 unspecified atom stereocenters. The van der Waals surface area contributed by atoms with Crippen LogP contribution >= 0.6 is 0 Å². The van der Waals surface area contributed by atoms with Crippen LogP contribution in [-0.2, 0) is 5.41 Å². The van der Waals surface area contributed by atoms with Gasteiger partial charge in [-0.1, -0.05) is 194 Å². The van der Waals surface area contributed by atoms with Crippen molar-refractivity contribution in [1.82, 2.24) is 4.57 Å². The Bertz CT molecular complexity index is 3800. The highest BCUT2D eigenvalue weighted by atomic mass is 19.1. The summed E-state index contributed by atoms with van der Waals surface area (Å²) >= 11 is 0. The molecule has 13 rings (SSSR count). The van der Waals surface area contributed by atoms with Crippen molar-refractivity contribution in [3.05, 3.63) is 301 Å². The van der Waals surface area contributed by atoms with Crippen molar-refractivity contribution in [2.45, 2.75) is 5.41 Å². The van der Waals surface area contributed by atoms with Gasteiger partial charge in [0.25, 0.3) is 0 Å². The van der Waals surface area contributed by atoms with E-state index in [-0.39, 0.29) is 5.82 Å². The Morgan fingerprint density at radius 3 is 1.37 bits per heavy atom. The maximum absolute atomic E-state index is 14.1. The average molecular weight is 897 g/mol. The van der Waals surface area contributed by atoms with E-state index in [0.717, 1.165) is 45.0 Å². The number of anilines is 3. The van der Waals surface area contributed by atoms with Crippen LogP contribution in [0.15, 0.2) is 273 Å². The van der Waals surface area contributed by atoms with Gasteiger partial charge in [0.05, 0.1) is 16.4 Å². The van der Waals surface area contributed by atoms with E-state index in [4.69, 9.17) is 0 Å². The van der Waals surface area contributed by atoms with E-state index in [1.807, 2.05) is 18.2 Å². The Morgan fingerprint density at radius 1 is 0.314 bits per heavy atom. The smallest absolute Gasteiger partial charge is 0.123 e. The second-order valence-electron chi connectivity index (χ2n) is 18.2. The summed E-state index contributed by atoms with van der Waals surface area (Å²) in [6.45, 7) is 0. The van der Waals surface area contributed by atoms with Gasteiger partial charge in [-0.3, -0.25) is 0 Å². The van der Waals surface area contributed by atoms with E-state index in [2.05, 4.69) is 252 Å². The van der Waals surface area contributed by atoms with Gasteiger partial charge in [0.1, 0.15) is 5.82 Å². The minimum atomic E-state index is -0.481. The van der Waals surface area contributed by atoms with Crippen molar-refractivity contribution in [2.24, 2.45) is 0 Å². The SMILES string of the molecule is Fc1ccc(N(c2ccc(-c3ccccc3)cc2)c2ccc(-c3ccc(-c4ccc5c(c4)c4ccccc4n5-c4ccc5c(c4)C(c4ccccc4)(c4ccccc4)c4ccccc4-5)cc3)cc2)cc1. The van der Waals surface area contributed by atoms with Crippen molar-refractivity contribution in [3.63, 3.8) is 0 Å². The van der Waals surface area contributed by atoms with Gasteiger partial charge >= 0.3 is 0 Å². The quantitative estimate of drug-likeness (QED) is 0.140. The number of benzene rings is 11. The number of aromatic nitrogens is 1. The minimum absolute atomic E-state index is 0.259. The molecule has 0 spiro atoms. The van der Waals surface area contributed by atoms with Gasteiger partial charge in [-0.05, 0) is 146 Å². The van der Waals surface area contributed by atoms with Crippen LogP contribution in [-0.4, -0.2) is 4.57 Å². The predicted octanol–water partition coefficient (Wildman–Crippen LogP) is 17.8. The Kier molecular flexibility index (Phi) is 9.95. The number of rotatable bonds is 9. The average Bonchev–Trinajstić information content (AvgIpc) is 3.93. The van der Waals surface area contributed by atoms with E-state index < -0.39 is 5.41 Å². The van der Waals surface area contributed by atoms with Crippen LogP contribution in [0, 0.1) is 5.82 Å². The first-order valence-corrected chi connectivity index (χ1v) is 23.9. The second kappa shape index (κ2) is 16.9. The van der Waals surface area contributed by atoms with Gasteiger partial charge in [-0.15, -0.1) is 0 Å². The normalized spacial score (nSPS) is 12.5. The molecule has 0 amide bonds. The maximum Gasteiger partial charge on any atom is 0.123 e. The number of hydrogen-bond acceptors (Lipinski definition) is 1. The second-order valence-corrected chi connectivity index (χ2v) is 18.2. The topological polar surface area (TPSA) is 8.17 Å². The van der Waals surface area contributed by atoms with Crippen molar-refractivity contribution in [1.29, 1.82) is 0 Å². The van der Waals surface area contributed by atoms with Crippen LogP contribution in [0.2, 0.25) is 0 Å². The molecular weight excluding hydrogens is 852 g/mol. The fourth-order valence-electron chi connectivity index (χ4n) is 11.1. The van der Waals surface area contributed by atoms with Crippen molar-refractivity contribution >= 4 is 38.9 Å². The van der Waals surface area contributed by atoms with Gasteiger partial charge in [0.2, 0.25) is 0 Å². The van der Waals surface area contributed by atoms with Gasteiger partial charge in [0.15, 0.2) is 0 Å². The molecule has 1 aliphatic carbocycles. The molecule has 2 nitrogen and oxygen atoms in total. The summed E-state index contributed by atoms with van der Waals surface area (Å²) in [6, 6.07) is 96.9. The molecule has 1 aliphatic rings. The minimum Gasteiger partial charge on any atom is -0.311 e. The first-order chi connectivity index (χ1) is 34.6. The lowest BCUT2D eigenvalue weighted by atomic mass is 9.67. The van der Waals surface area contributed by atoms with Gasteiger partial charge < -0.3 is 9.47 Å². The van der Waals surface area contributed by atoms with Gasteiger partial charge in [0, 0.05) is 33.5 Å². The molecule has 70 heavy (non-hydrogen) atoms. The summed E-state index contributed by atoms with van der Waals surface area (Å²) in [5.74, 6) is -0.259. The van der Waals surface area contributed by atoms with Crippen LogP contribution < -0.4 is 4.90 Å². The number of halogens is 1. The molecule has 0 radical (unpaired) electrons. The maximum atomic E-state index is 14.1. The van der Waals surface area contributed by atoms with Crippen molar-refractivity contribution < 1.29 is 4.39 Å². The highest BCUT2D eigenvalue weighted by Gasteiger charge is 2.46. The largest absolute Gasteiger partial charge is 0.311 e. The molecule has 0 fully saturated rings. The molecule has 0 saturated heterocycles. The van der Waals surface area contributed by atoms with Crippen LogP contribution in [0.25, 0.3) is 72.0 Å². The van der Waals surface area contributed by atoms with E-state index in [1.54, 1.807) is 0 Å². The molecular formula is C67H45FN2. The Morgan fingerprint density at radius 2 is 0.757 bits per heavy atom. The lowest BCUT2D eigenvalue weighted by Crippen LogP contribution is -2.28. The molecule has 330 valence electrons. The standard InChI is InChI=1S/C67H45FN2/c68-54-33-39-57(40-34-54)69(55-35-28-48(29-36-55)46-14-4-1-5-15-46)56-37-30-49(31-38-56)47-24-26-50(27-25-47)51-32-43-66-62(44-51)61-21-11-13-23-65(61)70(66)58-41-42-60-59-20-10-12-22-63(59)67(64(60)45-58,52-16-6-2-7-17-52)53-18-8-3-9-19-53/h1-45H.